The topological polar surface area (TPSA) is 89.4 Å². The summed E-state index contributed by atoms with van der Waals surface area (Å²) in [6, 6.07) is 5.36. The standard InChI is InChI=1S/C9H10FNO2.C8H8FNO2/c1-3-6-4-5-7(10)8(11-6)9(12)13-2;1-2-5-3-4-6(9)7(10-5)8(11)12/h4-5H,3H2,1-2H3;3-4H,2H2,1H3,(H,11,12). The van der Waals surface area contributed by atoms with Crippen molar-refractivity contribution in [2.24, 2.45) is 0 Å². The molecule has 2 rings (SSSR count). The molecule has 0 aromatic carbocycles. The molecular weight excluding hydrogens is 334 g/mol. The third-order valence-electron chi connectivity index (χ3n) is 3.11. The van der Waals surface area contributed by atoms with E-state index in [-0.39, 0.29) is 5.69 Å². The average Bonchev–Trinajstić information content (AvgIpc) is 2.62. The molecule has 0 unspecified atom stereocenters. The van der Waals surface area contributed by atoms with E-state index >= 15 is 0 Å². The SMILES string of the molecule is CCc1ccc(F)c(C(=O)O)n1.CCc1ccc(F)c(C(=O)OC)n1. The van der Waals surface area contributed by atoms with Crippen LogP contribution in [0.4, 0.5) is 8.78 Å². The van der Waals surface area contributed by atoms with Crippen molar-refractivity contribution < 1.29 is 28.2 Å². The Morgan fingerprint density at radius 3 is 1.80 bits per heavy atom. The number of aryl methyl sites for hydroxylation is 2. The van der Waals surface area contributed by atoms with Crippen molar-refractivity contribution in [1.29, 1.82) is 0 Å². The van der Waals surface area contributed by atoms with Crippen molar-refractivity contribution >= 4 is 11.9 Å². The monoisotopic (exact) mass is 352 g/mol. The van der Waals surface area contributed by atoms with Crippen molar-refractivity contribution in [3.63, 3.8) is 0 Å². The largest absolute Gasteiger partial charge is 0.476 e. The van der Waals surface area contributed by atoms with Crippen LogP contribution in [-0.2, 0) is 17.6 Å². The molecule has 0 saturated carbocycles. The van der Waals surface area contributed by atoms with Crippen LogP contribution in [0.3, 0.4) is 0 Å². The van der Waals surface area contributed by atoms with Crippen LogP contribution in [0.25, 0.3) is 0 Å². The van der Waals surface area contributed by atoms with E-state index < -0.39 is 29.3 Å². The van der Waals surface area contributed by atoms with Gasteiger partial charge in [-0.15, -0.1) is 0 Å². The molecule has 0 bridgehead atoms. The highest BCUT2D eigenvalue weighted by Crippen LogP contribution is 2.08. The Morgan fingerprint density at radius 2 is 1.40 bits per heavy atom. The number of pyridine rings is 2. The van der Waals surface area contributed by atoms with Gasteiger partial charge in [0, 0.05) is 11.4 Å². The van der Waals surface area contributed by atoms with Gasteiger partial charge < -0.3 is 9.84 Å². The van der Waals surface area contributed by atoms with Gasteiger partial charge in [0.2, 0.25) is 0 Å². The normalized spacial score (nSPS) is 9.80. The van der Waals surface area contributed by atoms with Gasteiger partial charge in [-0.05, 0) is 37.1 Å². The molecule has 2 aromatic heterocycles. The minimum absolute atomic E-state index is 0.248. The lowest BCUT2D eigenvalue weighted by molar-refractivity contribution is 0.0587. The van der Waals surface area contributed by atoms with Gasteiger partial charge in [-0.25, -0.2) is 28.3 Å². The number of carbonyl (C=O) groups excluding carboxylic acids is 1. The molecule has 8 heteroatoms. The Balaban J connectivity index is 0.000000251. The van der Waals surface area contributed by atoms with Gasteiger partial charge in [-0.3, -0.25) is 0 Å². The average molecular weight is 352 g/mol. The van der Waals surface area contributed by atoms with Crippen LogP contribution >= 0.6 is 0 Å². The maximum absolute atomic E-state index is 13.0. The lowest BCUT2D eigenvalue weighted by Gasteiger charge is -2.01. The summed E-state index contributed by atoms with van der Waals surface area (Å²) in [5.74, 6) is -3.51. The number of nitrogens with zero attached hydrogens (tertiary/aromatic N) is 2. The number of carbonyl (C=O) groups is 2. The van der Waals surface area contributed by atoms with Gasteiger partial charge in [-0.2, -0.15) is 0 Å². The number of halogens is 2. The first-order chi connectivity index (χ1) is 11.8. The second-order valence-electron chi connectivity index (χ2n) is 4.77. The van der Waals surface area contributed by atoms with E-state index in [1.165, 1.54) is 19.2 Å². The van der Waals surface area contributed by atoms with E-state index in [0.29, 0.717) is 24.2 Å². The molecule has 0 aliphatic heterocycles. The highest BCUT2D eigenvalue weighted by Gasteiger charge is 2.14. The summed E-state index contributed by atoms with van der Waals surface area (Å²) in [5, 5.41) is 8.48. The maximum Gasteiger partial charge on any atom is 0.359 e. The number of aromatic nitrogens is 2. The predicted molar refractivity (Wildman–Crippen MR) is 85.4 cm³/mol. The van der Waals surface area contributed by atoms with Crippen LogP contribution in [0.2, 0.25) is 0 Å². The minimum atomic E-state index is -1.33. The van der Waals surface area contributed by atoms with E-state index in [2.05, 4.69) is 14.7 Å². The first-order valence-electron chi connectivity index (χ1n) is 7.46. The Morgan fingerprint density at radius 1 is 0.960 bits per heavy atom. The Labute approximate surface area is 143 Å². The van der Waals surface area contributed by atoms with Gasteiger partial charge in [-0.1, -0.05) is 13.8 Å². The van der Waals surface area contributed by atoms with E-state index in [4.69, 9.17) is 5.11 Å². The van der Waals surface area contributed by atoms with Crippen molar-refractivity contribution in [2.45, 2.75) is 26.7 Å². The minimum Gasteiger partial charge on any atom is -0.476 e. The summed E-state index contributed by atoms with van der Waals surface area (Å²) in [5.41, 5.74) is 0.492. The molecule has 0 saturated heterocycles. The van der Waals surface area contributed by atoms with Gasteiger partial charge in [0.05, 0.1) is 7.11 Å². The van der Waals surface area contributed by atoms with E-state index in [1.807, 2.05) is 13.8 Å². The molecule has 6 nitrogen and oxygen atoms in total. The number of methoxy groups -OCH3 is 1. The quantitative estimate of drug-likeness (QED) is 0.851. The number of hydrogen-bond donors (Lipinski definition) is 1. The molecule has 0 aliphatic carbocycles. The third kappa shape index (κ3) is 5.59. The zero-order valence-corrected chi connectivity index (χ0v) is 14.0. The zero-order valence-electron chi connectivity index (χ0n) is 14.0. The molecule has 25 heavy (non-hydrogen) atoms. The van der Waals surface area contributed by atoms with Gasteiger partial charge in [0.25, 0.3) is 0 Å². The Kier molecular flexibility index (Phi) is 7.58. The zero-order chi connectivity index (χ0) is 19.0. The highest BCUT2D eigenvalue weighted by atomic mass is 19.1. The molecule has 0 atom stereocenters. The smallest absolute Gasteiger partial charge is 0.359 e. The van der Waals surface area contributed by atoms with Gasteiger partial charge in [0.1, 0.15) is 0 Å². The van der Waals surface area contributed by atoms with Crippen LogP contribution in [0, 0.1) is 11.6 Å². The summed E-state index contributed by atoms with van der Waals surface area (Å²) in [7, 11) is 1.20. The van der Waals surface area contributed by atoms with Crippen LogP contribution in [0.5, 0.6) is 0 Å². The molecule has 0 spiro atoms. The summed E-state index contributed by atoms with van der Waals surface area (Å²) < 4.78 is 30.1. The highest BCUT2D eigenvalue weighted by molar-refractivity contribution is 5.87. The molecule has 2 heterocycles. The molecule has 0 aliphatic rings. The number of hydrogen-bond acceptors (Lipinski definition) is 5. The Hall–Kier alpha value is -2.90. The van der Waals surface area contributed by atoms with Crippen LogP contribution in [-0.4, -0.2) is 34.1 Å². The second-order valence-corrected chi connectivity index (χ2v) is 4.77. The number of aromatic carboxylic acids is 1. The lowest BCUT2D eigenvalue weighted by atomic mass is 10.2. The summed E-state index contributed by atoms with van der Waals surface area (Å²) in [6.07, 6.45) is 1.25. The fourth-order valence-electron chi connectivity index (χ4n) is 1.75. The first-order valence-corrected chi connectivity index (χ1v) is 7.46. The van der Waals surface area contributed by atoms with Crippen LogP contribution in [0.1, 0.15) is 46.2 Å². The first kappa shape index (κ1) is 20.1. The fraction of sp³-hybridized carbons (Fsp3) is 0.294. The van der Waals surface area contributed by atoms with Crippen LogP contribution < -0.4 is 0 Å². The van der Waals surface area contributed by atoms with Gasteiger partial charge in [0.15, 0.2) is 23.0 Å². The van der Waals surface area contributed by atoms with Crippen LogP contribution in [0.15, 0.2) is 24.3 Å². The Bertz CT molecular complexity index is 766. The number of ether oxygens (including phenoxy) is 1. The van der Waals surface area contributed by atoms with Gasteiger partial charge >= 0.3 is 11.9 Å². The van der Waals surface area contributed by atoms with Crippen molar-refractivity contribution in [3.05, 3.63) is 58.7 Å². The van der Waals surface area contributed by atoms with E-state index in [1.54, 1.807) is 6.07 Å². The number of carboxylic acid groups (broad SMARTS) is 1. The molecule has 0 amide bonds. The van der Waals surface area contributed by atoms with E-state index in [0.717, 1.165) is 6.07 Å². The van der Waals surface area contributed by atoms with Crippen molar-refractivity contribution in [3.8, 4) is 0 Å². The van der Waals surface area contributed by atoms with E-state index in [9.17, 15) is 18.4 Å². The lowest BCUT2D eigenvalue weighted by Crippen LogP contribution is -2.08. The molecular formula is C17H18F2N2O4. The number of esters is 1. The van der Waals surface area contributed by atoms with Crippen molar-refractivity contribution in [1.82, 2.24) is 9.97 Å². The summed E-state index contributed by atoms with van der Waals surface area (Å²) in [4.78, 5) is 28.8. The maximum atomic E-state index is 13.0. The molecule has 0 fully saturated rings. The number of carboxylic acids is 1. The molecule has 0 radical (unpaired) electrons. The molecule has 134 valence electrons. The second kappa shape index (κ2) is 9.41. The summed E-state index contributed by atoms with van der Waals surface area (Å²) in [6.45, 7) is 3.70. The fourth-order valence-corrected chi connectivity index (χ4v) is 1.75. The molecule has 1 N–H and O–H groups in total. The third-order valence-corrected chi connectivity index (χ3v) is 3.11. The summed E-state index contributed by atoms with van der Waals surface area (Å²) >= 11 is 0. The molecule has 2 aromatic rings. The van der Waals surface area contributed by atoms with Crippen molar-refractivity contribution in [2.75, 3.05) is 7.11 Å². The number of rotatable bonds is 4. The predicted octanol–water partition coefficient (Wildman–Crippen LogP) is 3.05.